The number of fused-ring (bicyclic) bond motifs is 1. The molecule has 2 heterocycles. The molecule has 7 nitrogen and oxygen atoms in total. The van der Waals surface area contributed by atoms with Gasteiger partial charge in [-0.3, -0.25) is 23.9 Å². The summed E-state index contributed by atoms with van der Waals surface area (Å²) in [5.74, 6) is -0.839. The Morgan fingerprint density at radius 2 is 1.96 bits per heavy atom. The van der Waals surface area contributed by atoms with Crippen LogP contribution in [0.15, 0.2) is 35.1 Å². The smallest absolute Gasteiger partial charge is 0.319 e. The van der Waals surface area contributed by atoms with Crippen molar-refractivity contribution >= 4 is 33.7 Å². The number of nitrogens with zero attached hydrogens (tertiary/aromatic N) is 3. The average Bonchev–Trinajstić information content (AvgIpc) is 3.20. The molecular weight excluding hydrogens is 438 g/mol. The van der Waals surface area contributed by atoms with E-state index in [4.69, 9.17) is 0 Å². The van der Waals surface area contributed by atoms with Gasteiger partial charge in [-0.1, -0.05) is 15.9 Å². The van der Waals surface area contributed by atoms with Crippen LogP contribution in [-0.2, 0) is 11.2 Å². The van der Waals surface area contributed by atoms with Gasteiger partial charge in [-0.2, -0.15) is 8.78 Å². The van der Waals surface area contributed by atoms with Crippen molar-refractivity contribution in [2.45, 2.75) is 25.8 Å². The van der Waals surface area contributed by atoms with Crippen LogP contribution in [0, 0.1) is 0 Å². The fourth-order valence-corrected chi connectivity index (χ4v) is 3.34. The molecule has 0 aliphatic carbocycles. The summed E-state index contributed by atoms with van der Waals surface area (Å²) in [6.45, 7) is -2.37. The van der Waals surface area contributed by atoms with E-state index in [-0.39, 0.29) is 49.5 Å². The van der Waals surface area contributed by atoms with Crippen LogP contribution in [0.25, 0.3) is 0 Å². The number of carbonyl (C=O) groups excluding carboxylic acids is 3. The number of alkyl halides is 2. The molecule has 1 aliphatic heterocycles. The molecule has 1 aromatic heterocycles. The SMILES string of the molecule is O=C(CCCN1C(=O)c2ccc(Br)cc2C1=O)NCCc1nccn1C(F)F. The largest absolute Gasteiger partial charge is 0.356 e. The molecule has 0 radical (unpaired) electrons. The van der Waals surface area contributed by atoms with Crippen molar-refractivity contribution in [3.63, 3.8) is 0 Å². The molecule has 3 rings (SSSR count). The van der Waals surface area contributed by atoms with Gasteiger partial charge in [0.1, 0.15) is 5.82 Å². The molecule has 3 amide bonds. The number of imide groups is 1. The molecule has 148 valence electrons. The molecule has 0 saturated carbocycles. The molecule has 1 aliphatic rings. The summed E-state index contributed by atoms with van der Waals surface area (Å²) in [5, 5.41) is 2.63. The van der Waals surface area contributed by atoms with Gasteiger partial charge < -0.3 is 5.32 Å². The van der Waals surface area contributed by atoms with Crippen LogP contribution in [0.5, 0.6) is 0 Å². The minimum atomic E-state index is -2.67. The number of imidazole rings is 1. The zero-order valence-corrected chi connectivity index (χ0v) is 16.3. The lowest BCUT2D eigenvalue weighted by Gasteiger charge is -2.13. The van der Waals surface area contributed by atoms with E-state index in [2.05, 4.69) is 26.2 Å². The fraction of sp³-hybridized carbons (Fsp3) is 0.333. The second-order valence-corrected chi connectivity index (χ2v) is 7.10. The molecular formula is C18H17BrF2N4O3. The van der Waals surface area contributed by atoms with Gasteiger partial charge in [-0.15, -0.1) is 0 Å². The third-order valence-electron chi connectivity index (χ3n) is 4.35. The van der Waals surface area contributed by atoms with E-state index in [9.17, 15) is 23.2 Å². The second-order valence-electron chi connectivity index (χ2n) is 6.18. The number of amides is 3. The lowest BCUT2D eigenvalue weighted by atomic mass is 10.1. The summed E-state index contributed by atoms with van der Waals surface area (Å²) >= 11 is 3.27. The lowest BCUT2D eigenvalue weighted by Crippen LogP contribution is -2.32. The minimum Gasteiger partial charge on any atom is -0.356 e. The zero-order chi connectivity index (χ0) is 20.3. The predicted octanol–water partition coefficient (Wildman–Crippen LogP) is 2.78. The molecule has 1 aromatic carbocycles. The Morgan fingerprint density at radius 3 is 2.71 bits per heavy atom. The number of aromatic nitrogens is 2. The van der Waals surface area contributed by atoms with Crippen LogP contribution < -0.4 is 5.32 Å². The van der Waals surface area contributed by atoms with E-state index in [0.29, 0.717) is 22.0 Å². The highest BCUT2D eigenvalue weighted by Crippen LogP contribution is 2.26. The van der Waals surface area contributed by atoms with Crippen molar-refractivity contribution in [3.05, 3.63) is 52.0 Å². The zero-order valence-electron chi connectivity index (χ0n) is 14.7. The highest BCUT2D eigenvalue weighted by Gasteiger charge is 2.35. The number of hydrogen-bond donors (Lipinski definition) is 1. The number of hydrogen-bond acceptors (Lipinski definition) is 4. The summed E-state index contributed by atoms with van der Waals surface area (Å²) in [4.78, 5) is 41.5. The third kappa shape index (κ3) is 4.27. The van der Waals surface area contributed by atoms with Gasteiger partial charge in [0, 0.05) is 42.8 Å². The van der Waals surface area contributed by atoms with E-state index in [1.807, 2.05) is 0 Å². The van der Waals surface area contributed by atoms with Crippen molar-refractivity contribution in [2.24, 2.45) is 0 Å². The van der Waals surface area contributed by atoms with Gasteiger partial charge >= 0.3 is 6.55 Å². The Balaban J connectivity index is 1.43. The molecule has 10 heteroatoms. The first-order chi connectivity index (χ1) is 13.4. The van der Waals surface area contributed by atoms with Gasteiger partial charge in [0.05, 0.1) is 11.1 Å². The maximum atomic E-state index is 12.7. The van der Waals surface area contributed by atoms with Crippen molar-refractivity contribution in [1.29, 1.82) is 0 Å². The molecule has 2 aromatic rings. The number of rotatable bonds is 8. The van der Waals surface area contributed by atoms with E-state index >= 15 is 0 Å². The summed E-state index contributed by atoms with van der Waals surface area (Å²) < 4.78 is 26.9. The molecule has 1 N–H and O–H groups in total. The molecule has 28 heavy (non-hydrogen) atoms. The summed E-state index contributed by atoms with van der Waals surface area (Å²) in [6.07, 6.45) is 3.06. The molecule has 0 bridgehead atoms. The average molecular weight is 455 g/mol. The quantitative estimate of drug-likeness (QED) is 0.621. The van der Waals surface area contributed by atoms with Gasteiger partial charge in [-0.25, -0.2) is 4.98 Å². The lowest BCUT2D eigenvalue weighted by molar-refractivity contribution is -0.121. The molecule has 0 fully saturated rings. The summed E-state index contributed by atoms with van der Waals surface area (Å²) in [5.41, 5.74) is 0.700. The molecule has 0 atom stereocenters. The van der Waals surface area contributed by atoms with Gasteiger partial charge in [0.15, 0.2) is 0 Å². The Labute approximate surface area is 167 Å². The van der Waals surface area contributed by atoms with Gasteiger partial charge in [0.2, 0.25) is 5.91 Å². The Morgan fingerprint density at radius 1 is 1.21 bits per heavy atom. The first-order valence-electron chi connectivity index (χ1n) is 8.61. The maximum absolute atomic E-state index is 12.7. The maximum Gasteiger partial charge on any atom is 0.319 e. The van der Waals surface area contributed by atoms with Gasteiger partial charge in [0.25, 0.3) is 11.8 Å². The number of nitrogens with one attached hydrogen (secondary N) is 1. The number of benzene rings is 1. The predicted molar refractivity (Wildman–Crippen MR) is 98.9 cm³/mol. The van der Waals surface area contributed by atoms with Crippen LogP contribution in [0.4, 0.5) is 8.78 Å². The van der Waals surface area contributed by atoms with Crippen LogP contribution in [-0.4, -0.2) is 45.3 Å². The van der Waals surface area contributed by atoms with Crippen molar-refractivity contribution in [1.82, 2.24) is 19.8 Å². The van der Waals surface area contributed by atoms with Crippen LogP contribution in [0.3, 0.4) is 0 Å². The van der Waals surface area contributed by atoms with Gasteiger partial charge in [-0.05, 0) is 24.6 Å². The monoisotopic (exact) mass is 454 g/mol. The minimum absolute atomic E-state index is 0.111. The second kappa shape index (κ2) is 8.59. The van der Waals surface area contributed by atoms with Crippen molar-refractivity contribution in [2.75, 3.05) is 13.1 Å². The van der Waals surface area contributed by atoms with E-state index < -0.39 is 6.55 Å². The first kappa shape index (κ1) is 20.1. The van der Waals surface area contributed by atoms with Crippen molar-refractivity contribution < 1.29 is 23.2 Å². The highest BCUT2D eigenvalue weighted by atomic mass is 79.9. The Kier molecular flexibility index (Phi) is 6.18. The van der Waals surface area contributed by atoms with Crippen molar-refractivity contribution in [3.8, 4) is 0 Å². The standard InChI is InChI=1S/C18H17BrF2N4O3/c19-11-3-4-12-13(10-11)17(28)25(16(12)27)8-1-2-15(26)23-6-5-14-22-7-9-24(14)18(20)21/h3-4,7,9-10,18H,1-2,5-6,8H2,(H,23,26). The number of halogens is 3. The Bertz CT molecular complexity index is 916. The summed E-state index contributed by atoms with van der Waals surface area (Å²) in [6, 6.07) is 4.89. The molecule has 0 spiro atoms. The summed E-state index contributed by atoms with van der Waals surface area (Å²) in [7, 11) is 0. The molecule has 0 saturated heterocycles. The van der Waals surface area contributed by atoms with E-state index in [0.717, 1.165) is 9.47 Å². The third-order valence-corrected chi connectivity index (χ3v) is 4.84. The Hall–Kier alpha value is -2.62. The topological polar surface area (TPSA) is 84.3 Å². The first-order valence-corrected chi connectivity index (χ1v) is 9.40. The van der Waals surface area contributed by atoms with Crippen LogP contribution in [0.2, 0.25) is 0 Å². The van der Waals surface area contributed by atoms with E-state index in [1.165, 1.54) is 12.4 Å². The molecule has 0 unspecified atom stereocenters. The van der Waals surface area contributed by atoms with Crippen LogP contribution in [0.1, 0.15) is 45.9 Å². The fourth-order valence-electron chi connectivity index (χ4n) is 2.98. The van der Waals surface area contributed by atoms with E-state index in [1.54, 1.807) is 18.2 Å². The highest BCUT2D eigenvalue weighted by molar-refractivity contribution is 9.10. The number of carbonyl (C=O) groups is 3. The normalized spacial score (nSPS) is 13.4. The van der Waals surface area contributed by atoms with Crippen LogP contribution >= 0.6 is 15.9 Å².